The summed E-state index contributed by atoms with van der Waals surface area (Å²) in [5.41, 5.74) is 3.72. The minimum Gasteiger partial charge on any atom is -0.324 e. The highest BCUT2D eigenvalue weighted by Crippen LogP contribution is 2.62. The second kappa shape index (κ2) is 4.72. The van der Waals surface area contributed by atoms with Gasteiger partial charge in [-0.2, -0.15) is 5.26 Å². The largest absolute Gasteiger partial charge is 0.324 e. The number of hydrogen-bond acceptors (Lipinski definition) is 2. The Hall–Kier alpha value is -2.05. The first-order valence-electron chi connectivity index (χ1n) is 7.89. The molecule has 4 heteroatoms. The van der Waals surface area contributed by atoms with Crippen molar-refractivity contribution in [1.82, 2.24) is 4.98 Å². The summed E-state index contributed by atoms with van der Waals surface area (Å²) in [6.45, 7) is 4.53. The predicted octanol–water partition coefficient (Wildman–Crippen LogP) is 4.25. The normalized spacial score (nSPS) is 23.6. The highest BCUT2D eigenvalue weighted by Gasteiger charge is 2.53. The Morgan fingerprint density at radius 1 is 1.35 bits per heavy atom. The van der Waals surface area contributed by atoms with Crippen LogP contribution in [0.4, 0.5) is 0 Å². The van der Waals surface area contributed by atoms with E-state index in [0.29, 0.717) is 16.9 Å². The van der Waals surface area contributed by atoms with E-state index in [1.165, 1.54) is 0 Å². The van der Waals surface area contributed by atoms with Gasteiger partial charge in [0, 0.05) is 27.8 Å². The van der Waals surface area contributed by atoms with Gasteiger partial charge in [0.25, 0.3) is 5.56 Å². The van der Waals surface area contributed by atoms with Crippen molar-refractivity contribution in [3.8, 4) is 17.2 Å². The maximum absolute atomic E-state index is 12.5. The number of rotatable bonds is 1. The molecule has 0 spiro atoms. The van der Waals surface area contributed by atoms with Crippen LogP contribution in [0.15, 0.2) is 29.1 Å². The summed E-state index contributed by atoms with van der Waals surface area (Å²) < 4.78 is 0. The molecule has 1 heterocycles. The zero-order chi connectivity index (χ0) is 16.4. The highest BCUT2D eigenvalue weighted by molar-refractivity contribution is 6.33. The molecular formula is C19H17ClN2O. The van der Waals surface area contributed by atoms with Crippen LogP contribution in [0.2, 0.25) is 5.02 Å². The van der Waals surface area contributed by atoms with E-state index in [4.69, 9.17) is 11.6 Å². The zero-order valence-corrected chi connectivity index (χ0v) is 13.9. The Balaban J connectivity index is 2.06. The number of benzene rings is 1. The second-order valence-corrected chi connectivity index (χ2v) is 7.61. The molecule has 1 saturated carbocycles. The lowest BCUT2D eigenvalue weighted by atomic mass is 9.48. The average molecular weight is 325 g/mol. The van der Waals surface area contributed by atoms with E-state index in [1.807, 2.05) is 18.2 Å². The molecule has 0 amide bonds. The molecule has 1 aromatic carbocycles. The first kappa shape index (κ1) is 14.5. The van der Waals surface area contributed by atoms with Crippen LogP contribution in [0.3, 0.4) is 0 Å². The van der Waals surface area contributed by atoms with Crippen LogP contribution < -0.4 is 5.56 Å². The average Bonchev–Trinajstić information content (AvgIpc) is 2.53. The quantitative estimate of drug-likeness (QED) is 0.852. The summed E-state index contributed by atoms with van der Waals surface area (Å²) in [4.78, 5) is 15.5. The maximum Gasteiger partial charge on any atom is 0.266 e. The molecular weight excluding hydrogens is 308 g/mol. The molecule has 5 rings (SSSR count). The smallest absolute Gasteiger partial charge is 0.266 e. The lowest BCUT2D eigenvalue weighted by molar-refractivity contribution is 0.0155. The van der Waals surface area contributed by atoms with E-state index in [0.717, 1.165) is 35.2 Å². The first-order valence-corrected chi connectivity index (χ1v) is 8.27. The Morgan fingerprint density at radius 2 is 2.09 bits per heavy atom. The van der Waals surface area contributed by atoms with Crippen LogP contribution in [-0.4, -0.2) is 4.98 Å². The van der Waals surface area contributed by atoms with Crippen molar-refractivity contribution in [3.63, 3.8) is 0 Å². The molecule has 2 aromatic rings. The van der Waals surface area contributed by atoms with E-state index in [9.17, 15) is 10.1 Å². The molecule has 2 atom stereocenters. The van der Waals surface area contributed by atoms with E-state index in [2.05, 4.69) is 24.9 Å². The molecule has 0 unspecified atom stereocenters. The number of halogens is 1. The fraction of sp³-hybridized carbons (Fsp3) is 0.368. The monoisotopic (exact) mass is 324 g/mol. The van der Waals surface area contributed by atoms with Gasteiger partial charge < -0.3 is 4.98 Å². The zero-order valence-electron chi connectivity index (χ0n) is 13.1. The SMILES string of the molecule is CC1(C)[C@H]2Cc3c([nH]c(=O)c(C#N)c3-c3ccccc3Cl)[C@@H]1C2. The molecule has 1 aromatic heterocycles. The van der Waals surface area contributed by atoms with Crippen LogP contribution in [-0.2, 0) is 6.42 Å². The van der Waals surface area contributed by atoms with Gasteiger partial charge in [0.15, 0.2) is 0 Å². The van der Waals surface area contributed by atoms with Crippen molar-refractivity contribution in [2.24, 2.45) is 11.3 Å². The summed E-state index contributed by atoms with van der Waals surface area (Å²) in [6.07, 6.45) is 2.01. The molecule has 0 aliphatic heterocycles. The number of nitrogens with one attached hydrogen (secondary N) is 1. The molecule has 1 N–H and O–H groups in total. The molecule has 3 aliphatic carbocycles. The minimum atomic E-state index is -0.303. The van der Waals surface area contributed by atoms with E-state index < -0.39 is 0 Å². The minimum absolute atomic E-state index is 0.177. The Labute approximate surface area is 139 Å². The van der Waals surface area contributed by atoms with Gasteiger partial charge in [0.1, 0.15) is 11.6 Å². The Kier molecular flexibility index (Phi) is 2.98. The summed E-state index contributed by atoms with van der Waals surface area (Å²) in [7, 11) is 0. The van der Waals surface area contributed by atoms with Gasteiger partial charge in [0.05, 0.1) is 0 Å². The van der Waals surface area contributed by atoms with Gasteiger partial charge in [0.2, 0.25) is 0 Å². The van der Waals surface area contributed by atoms with Crippen molar-refractivity contribution in [3.05, 3.63) is 56.5 Å². The molecule has 2 bridgehead atoms. The van der Waals surface area contributed by atoms with Gasteiger partial charge in [-0.25, -0.2) is 0 Å². The van der Waals surface area contributed by atoms with Gasteiger partial charge in [-0.1, -0.05) is 43.6 Å². The molecule has 0 radical (unpaired) electrons. The highest BCUT2D eigenvalue weighted by atomic mass is 35.5. The lowest BCUT2D eigenvalue weighted by Gasteiger charge is -2.57. The Bertz CT molecular complexity index is 920. The first-order chi connectivity index (χ1) is 10.9. The van der Waals surface area contributed by atoms with Gasteiger partial charge in [-0.3, -0.25) is 4.79 Å². The third kappa shape index (κ3) is 1.85. The van der Waals surface area contributed by atoms with Crippen LogP contribution in [0, 0.1) is 22.7 Å². The molecule has 0 saturated heterocycles. The van der Waals surface area contributed by atoms with Crippen LogP contribution >= 0.6 is 11.6 Å². The third-order valence-corrected chi connectivity index (χ3v) is 6.21. The summed E-state index contributed by atoms with van der Waals surface area (Å²) >= 11 is 6.36. The molecule has 3 nitrogen and oxygen atoms in total. The Morgan fingerprint density at radius 3 is 2.74 bits per heavy atom. The van der Waals surface area contributed by atoms with Gasteiger partial charge in [-0.05, 0) is 35.8 Å². The van der Waals surface area contributed by atoms with Crippen molar-refractivity contribution in [2.45, 2.75) is 32.6 Å². The van der Waals surface area contributed by atoms with Gasteiger partial charge >= 0.3 is 0 Å². The molecule has 23 heavy (non-hydrogen) atoms. The summed E-state index contributed by atoms with van der Waals surface area (Å²) in [6, 6.07) is 9.54. The fourth-order valence-corrected chi connectivity index (χ4v) is 4.57. The number of pyridine rings is 1. The van der Waals surface area contributed by atoms with Crippen LogP contribution in [0.25, 0.3) is 11.1 Å². The van der Waals surface area contributed by atoms with Crippen molar-refractivity contribution in [1.29, 1.82) is 5.26 Å². The standard InChI is InChI=1S/C19H17ClN2O/c1-19(2)10-7-12-16(11-5-3-4-6-15(11)20)13(9-21)18(23)22-17(12)14(19)8-10/h3-6,10,14H,7-8H2,1-2H3,(H,22,23)/t10-,14-/m0/s1. The lowest BCUT2D eigenvalue weighted by Crippen LogP contribution is -2.49. The summed E-state index contributed by atoms with van der Waals surface area (Å²) in [5.74, 6) is 0.955. The van der Waals surface area contributed by atoms with E-state index in [-0.39, 0.29) is 16.5 Å². The van der Waals surface area contributed by atoms with E-state index >= 15 is 0 Å². The van der Waals surface area contributed by atoms with E-state index in [1.54, 1.807) is 6.07 Å². The van der Waals surface area contributed by atoms with Crippen molar-refractivity contribution in [2.75, 3.05) is 0 Å². The fourth-order valence-electron chi connectivity index (χ4n) is 4.34. The number of hydrogen-bond donors (Lipinski definition) is 1. The second-order valence-electron chi connectivity index (χ2n) is 7.20. The van der Waals surface area contributed by atoms with Crippen LogP contribution in [0.5, 0.6) is 0 Å². The van der Waals surface area contributed by atoms with Crippen LogP contribution in [0.1, 0.15) is 43.0 Å². The summed E-state index contributed by atoms with van der Waals surface area (Å²) in [5, 5.41) is 10.1. The molecule has 116 valence electrons. The predicted molar refractivity (Wildman–Crippen MR) is 90.6 cm³/mol. The number of nitrogens with zero attached hydrogens (tertiary/aromatic N) is 1. The topological polar surface area (TPSA) is 56.6 Å². The molecule has 1 fully saturated rings. The van der Waals surface area contributed by atoms with Crippen molar-refractivity contribution < 1.29 is 0 Å². The number of aromatic nitrogens is 1. The maximum atomic E-state index is 12.5. The third-order valence-electron chi connectivity index (χ3n) is 5.88. The van der Waals surface area contributed by atoms with Gasteiger partial charge in [-0.15, -0.1) is 0 Å². The van der Waals surface area contributed by atoms with Crippen molar-refractivity contribution >= 4 is 11.6 Å². The number of H-pyrrole nitrogens is 1. The number of aromatic amines is 1. The number of nitriles is 1. The molecule has 3 aliphatic rings.